The van der Waals surface area contributed by atoms with Gasteiger partial charge >= 0.3 is 0 Å². The van der Waals surface area contributed by atoms with Crippen LogP contribution < -0.4 is 15.5 Å². The van der Waals surface area contributed by atoms with E-state index in [0.717, 1.165) is 55.7 Å². The highest BCUT2D eigenvalue weighted by Gasteiger charge is 2.34. The maximum absolute atomic E-state index is 13.6. The van der Waals surface area contributed by atoms with Gasteiger partial charge in [0.2, 0.25) is 5.95 Å². The van der Waals surface area contributed by atoms with E-state index in [-0.39, 0.29) is 11.9 Å². The molecule has 2 aromatic heterocycles. The molecule has 2 aliphatic rings. The number of anilines is 3. The van der Waals surface area contributed by atoms with Crippen LogP contribution in [0.1, 0.15) is 31.5 Å². The summed E-state index contributed by atoms with van der Waals surface area (Å²) in [4.78, 5) is 15.3. The average molecular weight is 539 g/mol. The minimum atomic E-state index is -0.746. The molecule has 2 saturated heterocycles. The third-order valence-electron chi connectivity index (χ3n) is 7.74. The maximum atomic E-state index is 13.6. The summed E-state index contributed by atoms with van der Waals surface area (Å²) < 4.78 is 28.9. The van der Waals surface area contributed by atoms with Gasteiger partial charge in [0.25, 0.3) is 0 Å². The predicted molar refractivity (Wildman–Crippen MR) is 149 cm³/mol. The molecule has 5 rings (SSSR count). The minimum absolute atomic E-state index is 0.160. The van der Waals surface area contributed by atoms with Crippen LogP contribution in [0.25, 0.3) is 11.9 Å². The van der Waals surface area contributed by atoms with Crippen LogP contribution in [0.15, 0.2) is 36.5 Å². The first-order valence-corrected chi connectivity index (χ1v) is 13.3. The van der Waals surface area contributed by atoms with E-state index >= 15 is 0 Å². The molecule has 11 heteroatoms. The summed E-state index contributed by atoms with van der Waals surface area (Å²) in [6.45, 7) is 11.0. The lowest BCUT2D eigenvalue weighted by atomic mass is 9.90. The van der Waals surface area contributed by atoms with Crippen LogP contribution in [0.3, 0.4) is 0 Å². The van der Waals surface area contributed by atoms with Gasteiger partial charge in [0.15, 0.2) is 5.82 Å². The molecular weight excluding hydrogens is 502 g/mol. The van der Waals surface area contributed by atoms with Crippen LogP contribution >= 0.6 is 0 Å². The normalized spacial score (nSPS) is 19.0. The summed E-state index contributed by atoms with van der Waals surface area (Å²) in [5, 5.41) is 15.0. The van der Waals surface area contributed by atoms with E-state index in [1.807, 2.05) is 37.8 Å². The van der Waals surface area contributed by atoms with Crippen molar-refractivity contribution in [2.75, 3.05) is 61.3 Å². The van der Waals surface area contributed by atoms with Crippen LogP contribution in [0.2, 0.25) is 0 Å². The zero-order chi connectivity index (χ0) is 27.7. The van der Waals surface area contributed by atoms with E-state index in [0.29, 0.717) is 31.1 Å². The smallest absolute Gasteiger partial charge is 0.224 e. The Bertz CT molecular complexity index is 1320. The Balaban J connectivity index is 1.21. The van der Waals surface area contributed by atoms with Crippen molar-refractivity contribution in [2.24, 2.45) is 5.92 Å². The molecule has 2 aliphatic heterocycles. The second-order valence-corrected chi connectivity index (χ2v) is 10.9. The van der Waals surface area contributed by atoms with Gasteiger partial charge in [-0.1, -0.05) is 12.2 Å². The number of rotatable bonds is 7. The highest BCUT2D eigenvalue weighted by Crippen LogP contribution is 2.31. The largest absolute Gasteiger partial charge is 0.390 e. The lowest BCUT2D eigenvalue weighted by Crippen LogP contribution is -2.46. The number of benzene rings is 1. The van der Waals surface area contributed by atoms with Gasteiger partial charge in [-0.05, 0) is 39.3 Å². The maximum Gasteiger partial charge on any atom is 0.224 e. The number of aromatic nitrogens is 4. The third-order valence-corrected chi connectivity index (χ3v) is 7.74. The fourth-order valence-electron chi connectivity index (χ4n) is 5.31. The van der Waals surface area contributed by atoms with E-state index in [9.17, 15) is 13.9 Å². The second-order valence-electron chi connectivity index (χ2n) is 10.9. The topological polar surface area (TPSA) is 99.6 Å². The van der Waals surface area contributed by atoms with Gasteiger partial charge in [-0.15, -0.1) is 0 Å². The Morgan fingerprint density at radius 1 is 1.00 bits per heavy atom. The highest BCUT2D eigenvalue weighted by molar-refractivity contribution is 5.54. The number of aliphatic hydroxyl groups is 1. The molecule has 0 saturated carbocycles. The first kappa shape index (κ1) is 27.0. The van der Waals surface area contributed by atoms with Gasteiger partial charge in [-0.25, -0.2) is 13.5 Å². The molecule has 4 heterocycles. The Morgan fingerprint density at radius 3 is 2.36 bits per heavy atom. The average Bonchev–Trinajstić information content (AvgIpc) is 3.51. The Labute approximate surface area is 227 Å². The van der Waals surface area contributed by atoms with Crippen LogP contribution in [0, 0.1) is 24.5 Å². The zero-order valence-corrected chi connectivity index (χ0v) is 22.7. The molecule has 0 radical (unpaired) electrons. The molecule has 3 aromatic rings. The zero-order valence-electron chi connectivity index (χ0n) is 22.7. The molecular formula is C28H36F2N8O. The molecule has 0 aliphatic carbocycles. The Morgan fingerprint density at radius 2 is 1.69 bits per heavy atom. The molecule has 39 heavy (non-hydrogen) atoms. The van der Waals surface area contributed by atoms with Crippen molar-refractivity contribution in [1.82, 2.24) is 24.6 Å². The van der Waals surface area contributed by atoms with Crippen molar-refractivity contribution in [1.29, 1.82) is 0 Å². The first-order valence-electron chi connectivity index (χ1n) is 13.3. The molecule has 0 amide bonds. The van der Waals surface area contributed by atoms with Crippen molar-refractivity contribution in [3.8, 4) is 5.82 Å². The second kappa shape index (κ2) is 10.9. The van der Waals surface area contributed by atoms with E-state index < -0.39 is 17.2 Å². The summed E-state index contributed by atoms with van der Waals surface area (Å²) in [7, 11) is 0. The molecule has 1 aromatic carbocycles. The van der Waals surface area contributed by atoms with E-state index in [1.54, 1.807) is 10.9 Å². The molecule has 208 valence electrons. The highest BCUT2D eigenvalue weighted by atomic mass is 19.1. The first-order chi connectivity index (χ1) is 18.6. The van der Waals surface area contributed by atoms with Gasteiger partial charge in [-0.2, -0.15) is 15.1 Å². The molecule has 0 spiro atoms. The molecule has 2 fully saturated rings. The monoisotopic (exact) mass is 538 g/mol. The molecule has 9 nitrogen and oxygen atoms in total. The fourth-order valence-corrected chi connectivity index (χ4v) is 5.31. The number of hydrogen-bond acceptors (Lipinski definition) is 8. The lowest BCUT2D eigenvalue weighted by Gasteiger charge is -2.35. The number of piperazine rings is 1. The van der Waals surface area contributed by atoms with Gasteiger partial charge in [0.05, 0.1) is 17.5 Å². The summed E-state index contributed by atoms with van der Waals surface area (Å²) in [6, 6.07) is 5.55. The summed E-state index contributed by atoms with van der Waals surface area (Å²) in [6.07, 6.45) is 6.84. The SMILES string of the molecule is Cc1c(C=CCN2CCN(c3cc(F)cc(F)c3)CC2)cnn1-c1cc(N2CC[C@@H](C(C)(C)O)C2)nc(N)n1. The van der Waals surface area contributed by atoms with Crippen molar-refractivity contribution in [3.05, 3.63) is 59.4 Å². The summed E-state index contributed by atoms with van der Waals surface area (Å²) >= 11 is 0. The van der Waals surface area contributed by atoms with Crippen molar-refractivity contribution >= 4 is 23.5 Å². The van der Waals surface area contributed by atoms with E-state index in [4.69, 9.17) is 5.73 Å². The molecule has 1 atom stereocenters. The van der Waals surface area contributed by atoms with Crippen LogP contribution in [0.5, 0.6) is 0 Å². The van der Waals surface area contributed by atoms with E-state index in [1.165, 1.54) is 12.1 Å². The lowest BCUT2D eigenvalue weighted by molar-refractivity contribution is 0.0263. The number of nitrogens with two attached hydrogens (primary N) is 1. The van der Waals surface area contributed by atoms with Gasteiger partial charge in [0.1, 0.15) is 17.5 Å². The van der Waals surface area contributed by atoms with E-state index in [2.05, 4.69) is 30.9 Å². The number of hydrogen-bond donors (Lipinski definition) is 2. The van der Waals surface area contributed by atoms with Crippen molar-refractivity contribution in [3.63, 3.8) is 0 Å². The number of nitrogens with zero attached hydrogens (tertiary/aromatic N) is 7. The van der Waals surface area contributed by atoms with Crippen LogP contribution in [-0.4, -0.2) is 81.2 Å². The predicted octanol–water partition coefficient (Wildman–Crippen LogP) is 3.26. The molecule has 3 N–H and O–H groups in total. The van der Waals surface area contributed by atoms with Crippen molar-refractivity contribution in [2.45, 2.75) is 32.8 Å². The Hall–Kier alpha value is -3.57. The quantitative estimate of drug-likeness (QED) is 0.473. The van der Waals surface area contributed by atoms with Gasteiger partial charge in [-0.3, -0.25) is 4.90 Å². The van der Waals surface area contributed by atoms with Crippen molar-refractivity contribution < 1.29 is 13.9 Å². The Kier molecular flexibility index (Phi) is 7.55. The molecule has 0 unspecified atom stereocenters. The van der Waals surface area contributed by atoms with Crippen LogP contribution in [0.4, 0.5) is 26.2 Å². The molecule has 0 bridgehead atoms. The minimum Gasteiger partial charge on any atom is -0.390 e. The van der Waals surface area contributed by atoms with Gasteiger partial charge in [0, 0.05) is 75.1 Å². The van der Waals surface area contributed by atoms with Gasteiger partial charge < -0.3 is 20.6 Å². The third kappa shape index (κ3) is 6.20. The number of nitrogen functional groups attached to an aromatic ring is 1. The summed E-state index contributed by atoms with van der Waals surface area (Å²) in [5.74, 6) is 0.571. The summed E-state index contributed by atoms with van der Waals surface area (Å²) in [5.41, 5.74) is 7.82. The van der Waals surface area contributed by atoms with Crippen LogP contribution in [-0.2, 0) is 0 Å². The standard InChI is InChI=1S/C28H36F2N8O/c1-19-20(5-4-7-35-9-11-36(12-10-35)24-14-22(29)13-23(30)15-24)17-32-38(19)26-16-25(33-27(31)34-26)37-8-6-21(18-37)28(2,3)39/h4-5,13-17,21,39H,6-12,18H2,1-3H3,(H2,31,33,34)/t21-/m1/s1. The fraction of sp³-hybridized carbons (Fsp3) is 0.464. The number of halogens is 2.